The average molecular weight is 281 g/mol. The van der Waals surface area contributed by atoms with Crippen LogP contribution in [0.1, 0.15) is 17.8 Å². The Hall–Kier alpha value is -1.60. The molecule has 5 nitrogen and oxygen atoms in total. The molecule has 0 saturated carbocycles. The molecule has 0 amide bonds. The van der Waals surface area contributed by atoms with Gasteiger partial charge in [0.1, 0.15) is 5.82 Å². The summed E-state index contributed by atoms with van der Waals surface area (Å²) in [5.74, 6) is 7.19. The zero-order valence-electron chi connectivity index (χ0n) is 10.4. The smallest absolute Gasteiger partial charge is 0.209 e. The van der Waals surface area contributed by atoms with Gasteiger partial charge in [-0.25, -0.2) is 9.07 Å². The molecule has 0 bridgehead atoms. The summed E-state index contributed by atoms with van der Waals surface area (Å²) in [7, 11) is 0. The number of thioether (sulfide) groups is 1. The van der Waals surface area contributed by atoms with Crippen LogP contribution in [0.3, 0.4) is 0 Å². The van der Waals surface area contributed by atoms with Crippen molar-refractivity contribution in [2.75, 3.05) is 18.1 Å². The monoisotopic (exact) mass is 281 g/mol. The molecule has 2 aromatic rings. The molecule has 0 saturated heterocycles. The van der Waals surface area contributed by atoms with Gasteiger partial charge in [-0.1, -0.05) is 23.9 Å². The number of nitrogen functional groups attached to an aromatic ring is 1. The molecular formula is C12H16FN5S. The first kappa shape index (κ1) is 13.8. The summed E-state index contributed by atoms with van der Waals surface area (Å²) >= 11 is 1.53. The van der Waals surface area contributed by atoms with Crippen molar-refractivity contribution in [2.45, 2.75) is 18.0 Å². The molecule has 2 rings (SSSR count). The van der Waals surface area contributed by atoms with Gasteiger partial charge in [0, 0.05) is 12.2 Å². The SMILES string of the molecule is NCCCSc1nnc(Cc2ccc(F)cc2)n1N. The average Bonchev–Trinajstić information content (AvgIpc) is 2.75. The van der Waals surface area contributed by atoms with E-state index in [9.17, 15) is 4.39 Å². The fourth-order valence-electron chi connectivity index (χ4n) is 1.56. The van der Waals surface area contributed by atoms with E-state index in [0.29, 0.717) is 23.9 Å². The minimum absolute atomic E-state index is 0.254. The first-order chi connectivity index (χ1) is 9.20. The Kier molecular flexibility index (Phi) is 4.75. The summed E-state index contributed by atoms with van der Waals surface area (Å²) in [5.41, 5.74) is 6.38. The minimum Gasteiger partial charge on any atom is -0.336 e. The number of halogens is 1. The number of hydrogen-bond acceptors (Lipinski definition) is 5. The normalized spacial score (nSPS) is 10.8. The summed E-state index contributed by atoms with van der Waals surface area (Å²) in [5, 5.41) is 8.76. The molecule has 0 atom stereocenters. The Balaban J connectivity index is 2.03. The first-order valence-electron chi connectivity index (χ1n) is 5.97. The van der Waals surface area contributed by atoms with Crippen LogP contribution >= 0.6 is 11.8 Å². The van der Waals surface area contributed by atoms with E-state index in [1.54, 1.807) is 12.1 Å². The van der Waals surface area contributed by atoms with Crippen molar-refractivity contribution in [1.29, 1.82) is 0 Å². The molecule has 1 aromatic carbocycles. The van der Waals surface area contributed by atoms with Crippen LogP contribution in [0.5, 0.6) is 0 Å². The highest BCUT2D eigenvalue weighted by molar-refractivity contribution is 7.99. The largest absolute Gasteiger partial charge is 0.336 e. The van der Waals surface area contributed by atoms with Gasteiger partial charge in [0.2, 0.25) is 5.16 Å². The maximum absolute atomic E-state index is 12.8. The second kappa shape index (κ2) is 6.53. The summed E-state index contributed by atoms with van der Waals surface area (Å²) in [6, 6.07) is 6.27. The number of nitrogens with two attached hydrogens (primary N) is 2. The van der Waals surface area contributed by atoms with Crippen LogP contribution in [0.4, 0.5) is 4.39 Å². The van der Waals surface area contributed by atoms with Gasteiger partial charge < -0.3 is 11.6 Å². The maximum atomic E-state index is 12.8. The van der Waals surface area contributed by atoms with E-state index in [2.05, 4.69) is 10.2 Å². The van der Waals surface area contributed by atoms with Crippen molar-refractivity contribution < 1.29 is 4.39 Å². The van der Waals surface area contributed by atoms with Gasteiger partial charge in [0.05, 0.1) is 0 Å². The van der Waals surface area contributed by atoms with Gasteiger partial charge in [-0.2, -0.15) is 0 Å². The number of benzene rings is 1. The van der Waals surface area contributed by atoms with Crippen LogP contribution in [-0.2, 0) is 6.42 Å². The van der Waals surface area contributed by atoms with Gasteiger partial charge in [-0.15, -0.1) is 10.2 Å². The molecule has 0 aliphatic rings. The fraction of sp³-hybridized carbons (Fsp3) is 0.333. The predicted molar refractivity (Wildman–Crippen MR) is 73.8 cm³/mol. The van der Waals surface area contributed by atoms with Crippen molar-refractivity contribution in [1.82, 2.24) is 14.9 Å². The van der Waals surface area contributed by atoms with E-state index in [4.69, 9.17) is 11.6 Å². The first-order valence-corrected chi connectivity index (χ1v) is 6.96. The molecule has 7 heteroatoms. The van der Waals surface area contributed by atoms with Crippen molar-refractivity contribution >= 4 is 11.8 Å². The molecule has 1 heterocycles. The summed E-state index contributed by atoms with van der Waals surface area (Å²) in [6.07, 6.45) is 1.44. The van der Waals surface area contributed by atoms with Crippen LogP contribution in [-0.4, -0.2) is 27.2 Å². The third kappa shape index (κ3) is 3.68. The fourth-order valence-corrected chi connectivity index (χ4v) is 2.39. The van der Waals surface area contributed by atoms with Crippen LogP contribution in [0.15, 0.2) is 29.4 Å². The van der Waals surface area contributed by atoms with Crippen LogP contribution in [0, 0.1) is 5.82 Å². The lowest BCUT2D eigenvalue weighted by Gasteiger charge is -2.03. The van der Waals surface area contributed by atoms with Gasteiger partial charge in [0.15, 0.2) is 5.82 Å². The van der Waals surface area contributed by atoms with E-state index >= 15 is 0 Å². The third-order valence-electron chi connectivity index (χ3n) is 2.59. The molecule has 0 radical (unpaired) electrons. The van der Waals surface area contributed by atoms with E-state index in [0.717, 1.165) is 17.7 Å². The van der Waals surface area contributed by atoms with E-state index in [-0.39, 0.29) is 5.82 Å². The van der Waals surface area contributed by atoms with Crippen LogP contribution in [0.2, 0.25) is 0 Å². The zero-order chi connectivity index (χ0) is 13.7. The Morgan fingerprint density at radius 3 is 2.63 bits per heavy atom. The van der Waals surface area contributed by atoms with Crippen molar-refractivity contribution in [3.63, 3.8) is 0 Å². The number of hydrogen-bond donors (Lipinski definition) is 2. The molecule has 4 N–H and O–H groups in total. The predicted octanol–water partition coefficient (Wildman–Crippen LogP) is 1.16. The molecule has 0 aliphatic heterocycles. The summed E-state index contributed by atoms with van der Waals surface area (Å²) in [6.45, 7) is 0.647. The Labute approximate surface area is 115 Å². The quantitative estimate of drug-likeness (QED) is 0.472. The highest BCUT2D eigenvalue weighted by Gasteiger charge is 2.10. The molecule has 0 fully saturated rings. The molecule has 0 unspecified atom stereocenters. The van der Waals surface area contributed by atoms with Gasteiger partial charge >= 0.3 is 0 Å². The Morgan fingerprint density at radius 2 is 1.95 bits per heavy atom. The van der Waals surface area contributed by atoms with Crippen molar-refractivity contribution in [2.24, 2.45) is 5.73 Å². The Bertz CT molecular complexity index is 525. The number of aromatic nitrogens is 3. The topological polar surface area (TPSA) is 82.8 Å². The highest BCUT2D eigenvalue weighted by atomic mass is 32.2. The molecule has 1 aromatic heterocycles. The van der Waals surface area contributed by atoms with Gasteiger partial charge in [-0.3, -0.25) is 0 Å². The van der Waals surface area contributed by atoms with E-state index in [1.165, 1.54) is 28.6 Å². The number of rotatable bonds is 6. The lowest BCUT2D eigenvalue weighted by molar-refractivity contribution is 0.627. The molecular weight excluding hydrogens is 265 g/mol. The second-order valence-electron chi connectivity index (χ2n) is 4.06. The molecule has 0 spiro atoms. The lowest BCUT2D eigenvalue weighted by Crippen LogP contribution is -2.14. The Morgan fingerprint density at radius 1 is 1.21 bits per heavy atom. The van der Waals surface area contributed by atoms with Crippen LogP contribution in [0.25, 0.3) is 0 Å². The standard InChI is InChI=1S/C12H16FN5S/c13-10-4-2-9(3-5-10)8-11-16-17-12(18(11)15)19-7-1-6-14/h2-5H,1,6-8,14-15H2. The van der Waals surface area contributed by atoms with Crippen molar-refractivity contribution in [3.8, 4) is 0 Å². The molecule has 102 valence electrons. The van der Waals surface area contributed by atoms with Gasteiger partial charge in [-0.05, 0) is 30.7 Å². The van der Waals surface area contributed by atoms with E-state index in [1.807, 2.05) is 0 Å². The van der Waals surface area contributed by atoms with Crippen LogP contribution < -0.4 is 11.6 Å². The maximum Gasteiger partial charge on any atom is 0.209 e. The highest BCUT2D eigenvalue weighted by Crippen LogP contribution is 2.16. The van der Waals surface area contributed by atoms with Gasteiger partial charge in [0.25, 0.3) is 0 Å². The van der Waals surface area contributed by atoms with E-state index < -0.39 is 0 Å². The molecule has 0 aliphatic carbocycles. The molecule has 19 heavy (non-hydrogen) atoms. The lowest BCUT2D eigenvalue weighted by atomic mass is 10.1. The second-order valence-corrected chi connectivity index (χ2v) is 5.12. The number of nitrogens with zero attached hydrogens (tertiary/aromatic N) is 3. The zero-order valence-corrected chi connectivity index (χ0v) is 11.2. The third-order valence-corrected chi connectivity index (χ3v) is 3.62. The minimum atomic E-state index is -0.254. The summed E-state index contributed by atoms with van der Waals surface area (Å²) in [4.78, 5) is 0. The van der Waals surface area contributed by atoms with Crippen molar-refractivity contribution in [3.05, 3.63) is 41.5 Å². The summed E-state index contributed by atoms with van der Waals surface area (Å²) < 4.78 is 14.3.